The lowest BCUT2D eigenvalue weighted by molar-refractivity contribution is 0.768. The highest BCUT2D eigenvalue weighted by atomic mass is 14.8. The molecule has 0 saturated carbocycles. The average molecular weight is 1070 g/mol. The monoisotopic (exact) mass is 1070 g/mol. The maximum Gasteiger partial charge on any atom is 0.0973 e. The number of benzene rings is 11. The van der Waals surface area contributed by atoms with Crippen molar-refractivity contribution in [1.82, 2.24) is 19.9 Å². The molecule has 14 aromatic rings. The minimum Gasteiger partial charge on any atom is -0.264 e. The zero-order valence-corrected chi connectivity index (χ0v) is 45.8. The van der Waals surface area contributed by atoms with Crippen LogP contribution in [0.4, 0.5) is 0 Å². The van der Waals surface area contributed by atoms with E-state index in [9.17, 15) is 0 Å². The molecule has 0 amide bonds. The minimum atomic E-state index is -0.595. The van der Waals surface area contributed by atoms with Gasteiger partial charge in [-0.25, -0.2) is 9.97 Å². The molecule has 3 aromatic heterocycles. The van der Waals surface area contributed by atoms with E-state index in [2.05, 4.69) is 289 Å². The Kier molecular flexibility index (Phi) is 11.6. The molecule has 0 aliphatic heterocycles. The fourth-order valence-corrected chi connectivity index (χ4v) is 13.9. The van der Waals surface area contributed by atoms with Gasteiger partial charge in [-0.05, 0) is 148 Å². The molecule has 4 nitrogen and oxygen atoms in total. The molecular weight excluding hydrogens is 1020 g/mol. The Morgan fingerprint density at radius 1 is 0.214 bits per heavy atom. The average Bonchev–Trinajstić information content (AvgIpc) is 1.68. The number of nitrogens with zero attached hydrogens (tertiary/aromatic N) is 4. The zero-order chi connectivity index (χ0) is 55.6. The molecule has 3 heterocycles. The summed E-state index contributed by atoms with van der Waals surface area (Å²) in [6, 6.07) is 107. The molecule has 0 bridgehead atoms. The molecule has 0 atom stereocenters. The van der Waals surface area contributed by atoms with Gasteiger partial charge in [0.15, 0.2) is 0 Å². The number of hydrogen-bond donors (Lipinski definition) is 0. The van der Waals surface area contributed by atoms with Crippen LogP contribution in [0.1, 0.15) is 44.5 Å². The summed E-state index contributed by atoms with van der Waals surface area (Å²) in [4.78, 5) is 20.4. The van der Waals surface area contributed by atoms with Crippen molar-refractivity contribution in [2.75, 3.05) is 0 Å². The predicted octanol–water partition coefficient (Wildman–Crippen LogP) is 19.1. The molecule has 16 rings (SSSR count). The molecule has 4 heteroatoms. The normalized spacial score (nSPS) is 13.2. The molecule has 0 saturated heterocycles. The van der Waals surface area contributed by atoms with Gasteiger partial charge in [-0.15, -0.1) is 0 Å². The number of fused-ring (bicyclic) bond motifs is 7. The van der Waals surface area contributed by atoms with E-state index in [1.165, 1.54) is 66.8 Å². The van der Waals surface area contributed by atoms with Crippen molar-refractivity contribution in [3.8, 4) is 89.3 Å². The summed E-state index contributed by atoms with van der Waals surface area (Å²) in [5.41, 5.74) is 27.4. The summed E-state index contributed by atoms with van der Waals surface area (Å²) in [7, 11) is 0. The zero-order valence-electron chi connectivity index (χ0n) is 45.8. The largest absolute Gasteiger partial charge is 0.264 e. The van der Waals surface area contributed by atoms with Gasteiger partial charge < -0.3 is 0 Å². The first-order chi connectivity index (χ1) is 41.6. The second-order valence-electron chi connectivity index (χ2n) is 22.0. The third kappa shape index (κ3) is 7.68. The van der Waals surface area contributed by atoms with E-state index in [1.54, 1.807) is 0 Å². The summed E-state index contributed by atoms with van der Waals surface area (Å²) < 4.78 is 0. The topological polar surface area (TPSA) is 51.6 Å². The van der Waals surface area contributed by atoms with E-state index >= 15 is 0 Å². The van der Waals surface area contributed by atoms with Gasteiger partial charge in [0.2, 0.25) is 0 Å². The van der Waals surface area contributed by atoms with Crippen molar-refractivity contribution in [2.24, 2.45) is 0 Å². The van der Waals surface area contributed by atoms with Crippen LogP contribution < -0.4 is 0 Å². The molecule has 84 heavy (non-hydrogen) atoms. The van der Waals surface area contributed by atoms with Gasteiger partial charge in [0.05, 0.1) is 33.3 Å². The highest BCUT2D eigenvalue weighted by Crippen LogP contribution is 2.59. The van der Waals surface area contributed by atoms with Gasteiger partial charge in [-0.2, -0.15) is 0 Å². The first-order valence-corrected chi connectivity index (χ1v) is 28.7. The van der Waals surface area contributed by atoms with Gasteiger partial charge >= 0.3 is 0 Å². The predicted molar refractivity (Wildman–Crippen MR) is 342 cm³/mol. The fraction of sp³-hybridized carbons (Fsp3) is 0.0250. The molecule has 392 valence electrons. The molecule has 2 aliphatic carbocycles. The standard InChI is InChI=1S/C80H52N4/c1-5-21-61(22-6-1)79(62-23-7-2-8-24-62)71-31-15-13-29-65(71)67-43-41-57(47-73(67)79)69-49-75-76(50-70(69)58-42-44-68-66-30-14-16-32-72(66)80(74(68)48-58,63-25-9-3-10-26-63)64-27-11-4-12-28-64)84-78(56-39-35-54(36-40-56)60-20-18-46-82-52-60)77(83-75)55-37-33-53(34-38-55)59-19-17-45-81-51-59/h1-52H. The highest BCUT2D eigenvalue weighted by Gasteiger charge is 2.48. The first kappa shape index (κ1) is 48.9. The Bertz CT molecular complexity index is 4390. The molecule has 0 radical (unpaired) electrons. The van der Waals surface area contributed by atoms with Crippen molar-refractivity contribution < 1.29 is 0 Å². The Labute approximate surface area is 488 Å². The fourth-order valence-electron chi connectivity index (χ4n) is 13.9. The quantitative estimate of drug-likeness (QED) is 0.137. The van der Waals surface area contributed by atoms with E-state index in [0.29, 0.717) is 0 Å². The summed E-state index contributed by atoms with van der Waals surface area (Å²) >= 11 is 0. The minimum absolute atomic E-state index is 0.595. The number of aromatic nitrogens is 4. The molecule has 0 unspecified atom stereocenters. The molecule has 0 fully saturated rings. The van der Waals surface area contributed by atoms with Crippen LogP contribution in [0.15, 0.2) is 316 Å². The molecular formula is C80H52N4. The van der Waals surface area contributed by atoms with Crippen molar-refractivity contribution in [1.29, 1.82) is 0 Å². The lowest BCUT2D eigenvalue weighted by atomic mass is 9.67. The van der Waals surface area contributed by atoms with Crippen LogP contribution in [0.3, 0.4) is 0 Å². The molecule has 0 N–H and O–H groups in total. The summed E-state index contributed by atoms with van der Waals surface area (Å²) in [6.07, 6.45) is 7.43. The summed E-state index contributed by atoms with van der Waals surface area (Å²) in [5.74, 6) is 0. The van der Waals surface area contributed by atoms with E-state index < -0.39 is 10.8 Å². The van der Waals surface area contributed by atoms with Gasteiger partial charge in [-0.3, -0.25) is 9.97 Å². The van der Waals surface area contributed by atoms with Crippen LogP contribution in [0.5, 0.6) is 0 Å². The van der Waals surface area contributed by atoms with E-state index in [1.807, 2.05) is 36.9 Å². The first-order valence-electron chi connectivity index (χ1n) is 28.7. The number of rotatable bonds is 10. The van der Waals surface area contributed by atoms with E-state index in [0.717, 1.165) is 78.1 Å². The van der Waals surface area contributed by atoms with Crippen molar-refractivity contribution in [2.45, 2.75) is 10.8 Å². The van der Waals surface area contributed by atoms with Gasteiger partial charge in [-0.1, -0.05) is 255 Å². The lowest BCUT2D eigenvalue weighted by Crippen LogP contribution is -2.28. The summed E-state index contributed by atoms with van der Waals surface area (Å²) in [6.45, 7) is 0. The Morgan fingerprint density at radius 3 is 0.893 bits per heavy atom. The van der Waals surface area contributed by atoms with Crippen LogP contribution in [0.2, 0.25) is 0 Å². The lowest BCUT2D eigenvalue weighted by Gasteiger charge is -2.34. The van der Waals surface area contributed by atoms with Crippen LogP contribution in [-0.4, -0.2) is 19.9 Å². The van der Waals surface area contributed by atoms with Crippen LogP contribution in [0.25, 0.3) is 100 Å². The smallest absolute Gasteiger partial charge is 0.0973 e. The van der Waals surface area contributed by atoms with Crippen molar-refractivity contribution in [3.05, 3.63) is 360 Å². The van der Waals surface area contributed by atoms with Crippen molar-refractivity contribution in [3.63, 3.8) is 0 Å². The Balaban J connectivity index is 0.973. The highest BCUT2D eigenvalue weighted by molar-refractivity contribution is 5.99. The molecule has 11 aromatic carbocycles. The van der Waals surface area contributed by atoms with Gasteiger partial charge in [0.25, 0.3) is 0 Å². The maximum atomic E-state index is 5.76. The maximum absolute atomic E-state index is 5.76. The molecule has 0 spiro atoms. The Morgan fingerprint density at radius 2 is 0.536 bits per heavy atom. The van der Waals surface area contributed by atoms with Crippen LogP contribution in [0, 0.1) is 0 Å². The number of pyridine rings is 2. The van der Waals surface area contributed by atoms with Crippen molar-refractivity contribution >= 4 is 11.0 Å². The third-order valence-corrected chi connectivity index (χ3v) is 17.6. The van der Waals surface area contributed by atoms with Crippen LogP contribution in [-0.2, 0) is 10.8 Å². The second kappa shape index (κ2) is 19.9. The van der Waals surface area contributed by atoms with Gasteiger partial charge in [0, 0.05) is 35.9 Å². The number of hydrogen-bond acceptors (Lipinski definition) is 4. The van der Waals surface area contributed by atoms with Gasteiger partial charge in [0.1, 0.15) is 0 Å². The molecule has 2 aliphatic rings. The van der Waals surface area contributed by atoms with E-state index in [4.69, 9.17) is 9.97 Å². The summed E-state index contributed by atoms with van der Waals surface area (Å²) in [5, 5.41) is 0. The van der Waals surface area contributed by atoms with E-state index in [-0.39, 0.29) is 0 Å². The van der Waals surface area contributed by atoms with Crippen LogP contribution >= 0.6 is 0 Å². The second-order valence-corrected chi connectivity index (χ2v) is 22.0. The Hall–Kier alpha value is -10.9. The third-order valence-electron chi connectivity index (χ3n) is 17.6. The SMILES string of the molecule is c1ccc(C2(c3ccccc3)c3ccccc3-c3ccc(-c4cc5nc(-c6ccc(-c7cccnc7)cc6)c(-c6ccc(-c7cccnc7)cc6)nc5cc4-c4ccc5c(c4)C(c4ccccc4)(c4ccccc4)c4ccccc4-5)cc32)cc1.